The van der Waals surface area contributed by atoms with E-state index in [-0.39, 0.29) is 4.21 Å². The van der Waals surface area contributed by atoms with Gasteiger partial charge in [0, 0.05) is 17.5 Å². The lowest BCUT2D eigenvalue weighted by Crippen LogP contribution is -2.26. The Kier molecular flexibility index (Phi) is 4.77. The van der Waals surface area contributed by atoms with Crippen LogP contribution in [0.3, 0.4) is 0 Å². The molecule has 0 saturated heterocycles. The average molecular weight is 328 g/mol. The summed E-state index contributed by atoms with van der Waals surface area (Å²) >= 11 is 1.16. The number of benzene rings is 1. The fourth-order valence-corrected chi connectivity index (χ4v) is 4.67. The predicted octanol–water partition coefficient (Wildman–Crippen LogP) is 2.69. The largest absolute Gasteiger partial charge is 0.326 e. The maximum atomic E-state index is 13.2. The molecule has 7 heteroatoms. The summed E-state index contributed by atoms with van der Waals surface area (Å²) in [7, 11) is -3.64. The van der Waals surface area contributed by atoms with Gasteiger partial charge >= 0.3 is 0 Å². The van der Waals surface area contributed by atoms with Crippen LogP contribution in [0.15, 0.2) is 34.5 Å². The number of sulfonamides is 1. The van der Waals surface area contributed by atoms with Gasteiger partial charge in [0.1, 0.15) is 10.0 Å². The number of nitrogens with two attached hydrogens (primary N) is 1. The van der Waals surface area contributed by atoms with E-state index in [0.717, 1.165) is 21.8 Å². The Morgan fingerprint density at radius 3 is 2.67 bits per heavy atom. The van der Waals surface area contributed by atoms with E-state index in [1.807, 2.05) is 6.92 Å². The molecule has 1 unspecified atom stereocenters. The van der Waals surface area contributed by atoms with E-state index < -0.39 is 21.9 Å². The molecule has 3 N–H and O–H groups in total. The first-order valence-electron chi connectivity index (χ1n) is 6.40. The maximum Gasteiger partial charge on any atom is 0.250 e. The highest BCUT2D eigenvalue weighted by Crippen LogP contribution is 2.27. The maximum absolute atomic E-state index is 13.2. The lowest BCUT2D eigenvalue weighted by Gasteiger charge is -2.13. The third-order valence-corrected chi connectivity index (χ3v) is 6.40. The van der Waals surface area contributed by atoms with Crippen LogP contribution in [-0.4, -0.2) is 8.42 Å². The Balaban J connectivity index is 2.24. The van der Waals surface area contributed by atoms with E-state index in [4.69, 9.17) is 5.73 Å². The van der Waals surface area contributed by atoms with Crippen molar-refractivity contribution >= 4 is 21.4 Å². The van der Waals surface area contributed by atoms with Gasteiger partial charge in [0.15, 0.2) is 0 Å². The molecule has 0 amide bonds. The molecule has 2 rings (SSSR count). The van der Waals surface area contributed by atoms with Crippen molar-refractivity contribution in [3.8, 4) is 0 Å². The Morgan fingerprint density at radius 2 is 2.10 bits per heavy atom. The van der Waals surface area contributed by atoms with Gasteiger partial charge in [0.2, 0.25) is 0 Å². The summed E-state index contributed by atoms with van der Waals surface area (Å²) in [5.74, 6) is -0.393. The van der Waals surface area contributed by atoms with E-state index >= 15 is 0 Å². The molecule has 4 nitrogen and oxygen atoms in total. The molecule has 0 bridgehead atoms. The van der Waals surface area contributed by atoms with Gasteiger partial charge in [-0.1, -0.05) is 12.1 Å². The first-order valence-corrected chi connectivity index (χ1v) is 8.70. The van der Waals surface area contributed by atoms with Gasteiger partial charge in [-0.2, -0.15) is 0 Å². The molecule has 0 radical (unpaired) electrons. The summed E-state index contributed by atoms with van der Waals surface area (Å²) in [5, 5.41) is 0. The lowest BCUT2D eigenvalue weighted by atomic mass is 10.1. The van der Waals surface area contributed by atoms with Crippen molar-refractivity contribution in [2.75, 3.05) is 0 Å². The molecule has 2 aromatic rings. The van der Waals surface area contributed by atoms with Gasteiger partial charge in [-0.05, 0) is 43.2 Å². The Labute approximate surface area is 127 Å². The number of nitrogens with one attached hydrogen (secondary N) is 1. The monoisotopic (exact) mass is 328 g/mol. The smallest absolute Gasteiger partial charge is 0.250 e. The van der Waals surface area contributed by atoms with E-state index in [1.165, 1.54) is 12.1 Å². The van der Waals surface area contributed by atoms with E-state index in [0.29, 0.717) is 12.1 Å². The van der Waals surface area contributed by atoms with Gasteiger partial charge in [0.25, 0.3) is 10.0 Å². The highest BCUT2D eigenvalue weighted by molar-refractivity contribution is 7.91. The van der Waals surface area contributed by atoms with Crippen LogP contribution in [0.1, 0.15) is 29.0 Å². The second-order valence-electron chi connectivity index (χ2n) is 4.77. The standard InChI is InChI=1S/C14H17FN2O2S2/c1-9-6-14(20-13(9)8-16)21(18,19)17-10(2)11-4-3-5-12(15)7-11/h3-7,10,17H,8,16H2,1-2H3. The van der Waals surface area contributed by atoms with Crippen molar-refractivity contribution in [3.05, 3.63) is 52.2 Å². The molecule has 0 saturated carbocycles. The van der Waals surface area contributed by atoms with Crippen molar-refractivity contribution in [1.29, 1.82) is 0 Å². The minimum Gasteiger partial charge on any atom is -0.326 e. The minimum absolute atomic E-state index is 0.226. The zero-order valence-corrected chi connectivity index (χ0v) is 13.4. The van der Waals surface area contributed by atoms with Gasteiger partial charge < -0.3 is 5.73 Å². The molecule has 114 valence electrons. The van der Waals surface area contributed by atoms with Gasteiger partial charge in [-0.25, -0.2) is 17.5 Å². The quantitative estimate of drug-likeness (QED) is 0.886. The Morgan fingerprint density at radius 1 is 1.38 bits per heavy atom. The van der Waals surface area contributed by atoms with Crippen LogP contribution >= 0.6 is 11.3 Å². The summed E-state index contributed by atoms with van der Waals surface area (Å²) in [6, 6.07) is 6.96. The SMILES string of the molecule is Cc1cc(S(=O)(=O)NC(C)c2cccc(F)c2)sc1CN. The molecule has 0 aliphatic heterocycles. The van der Waals surface area contributed by atoms with Gasteiger partial charge in [-0.15, -0.1) is 11.3 Å². The zero-order valence-electron chi connectivity index (χ0n) is 11.8. The molecule has 1 aromatic heterocycles. The van der Waals surface area contributed by atoms with Crippen LogP contribution in [0, 0.1) is 12.7 Å². The van der Waals surface area contributed by atoms with Crippen LogP contribution in [0.2, 0.25) is 0 Å². The summed E-state index contributed by atoms with van der Waals surface area (Å²) < 4.78 is 40.7. The van der Waals surface area contributed by atoms with Crippen molar-refractivity contribution in [3.63, 3.8) is 0 Å². The third kappa shape index (κ3) is 3.68. The lowest BCUT2D eigenvalue weighted by molar-refractivity contribution is 0.566. The first kappa shape index (κ1) is 16.1. The van der Waals surface area contributed by atoms with Gasteiger partial charge in [-0.3, -0.25) is 0 Å². The molecular formula is C14H17FN2O2S2. The molecule has 0 spiro atoms. The zero-order chi connectivity index (χ0) is 15.6. The van der Waals surface area contributed by atoms with Gasteiger partial charge in [0.05, 0.1) is 0 Å². The number of rotatable bonds is 5. The van der Waals surface area contributed by atoms with Crippen molar-refractivity contribution < 1.29 is 12.8 Å². The normalized spacial score (nSPS) is 13.3. The number of thiophene rings is 1. The van der Waals surface area contributed by atoms with Crippen LogP contribution in [-0.2, 0) is 16.6 Å². The number of aryl methyl sites for hydroxylation is 1. The predicted molar refractivity (Wildman–Crippen MR) is 82.1 cm³/mol. The fraction of sp³-hybridized carbons (Fsp3) is 0.286. The highest BCUT2D eigenvalue weighted by Gasteiger charge is 2.21. The first-order chi connectivity index (χ1) is 9.83. The molecule has 1 atom stereocenters. The molecule has 0 aliphatic carbocycles. The molecular weight excluding hydrogens is 311 g/mol. The average Bonchev–Trinajstić information content (AvgIpc) is 2.80. The van der Waals surface area contributed by atoms with Crippen molar-refractivity contribution in [2.45, 2.75) is 30.6 Å². The van der Waals surface area contributed by atoms with Crippen molar-refractivity contribution in [2.24, 2.45) is 5.73 Å². The number of halogens is 1. The Hall–Kier alpha value is -1.28. The Bertz CT molecular complexity index is 741. The second-order valence-corrected chi connectivity index (χ2v) is 7.85. The third-order valence-electron chi connectivity index (χ3n) is 3.13. The summed E-state index contributed by atoms with van der Waals surface area (Å²) in [5.41, 5.74) is 7.01. The summed E-state index contributed by atoms with van der Waals surface area (Å²) in [6.07, 6.45) is 0. The van der Waals surface area contributed by atoms with E-state index in [2.05, 4.69) is 4.72 Å². The second kappa shape index (κ2) is 6.23. The fourth-order valence-electron chi connectivity index (χ4n) is 1.96. The van der Waals surface area contributed by atoms with Crippen LogP contribution in [0.4, 0.5) is 4.39 Å². The van der Waals surface area contributed by atoms with Crippen molar-refractivity contribution in [1.82, 2.24) is 4.72 Å². The molecule has 1 heterocycles. The van der Waals surface area contributed by atoms with Crippen LogP contribution < -0.4 is 10.5 Å². The summed E-state index contributed by atoms with van der Waals surface area (Å²) in [4.78, 5) is 0.841. The van der Waals surface area contributed by atoms with Crippen LogP contribution in [0.25, 0.3) is 0 Å². The molecule has 0 aliphatic rings. The van der Waals surface area contributed by atoms with E-state index in [1.54, 1.807) is 25.1 Å². The molecule has 1 aromatic carbocycles. The summed E-state index contributed by atoms with van der Waals surface area (Å²) in [6.45, 7) is 3.82. The topological polar surface area (TPSA) is 72.2 Å². The highest BCUT2D eigenvalue weighted by atomic mass is 32.2. The molecule has 21 heavy (non-hydrogen) atoms. The molecule has 0 fully saturated rings. The number of hydrogen-bond donors (Lipinski definition) is 2. The number of hydrogen-bond acceptors (Lipinski definition) is 4. The van der Waals surface area contributed by atoms with E-state index in [9.17, 15) is 12.8 Å². The van der Waals surface area contributed by atoms with Crippen LogP contribution in [0.5, 0.6) is 0 Å². The minimum atomic E-state index is -3.64.